The average molecular weight is 333 g/mol. The summed E-state index contributed by atoms with van der Waals surface area (Å²) < 4.78 is 26.4. The zero-order valence-corrected chi connectivity index (χ0v) is 14.1. The van der Waals surface area contributed by atoms with Gasteiger partial charge >= 0.3 is 0 Å². The smallest absolute Gasteiger partial charge is 0.255 e. The van der Waals surface area contributed by atoms with E-state index in [1.54, 1.807) is 6.07 Å². The van der Waals surface area contributed by atoms with Crippen LogP contribution in [0.1, 0.15) is 43.4 Å². The van der Waals surface area contributed by atoms with Gasteiger partial charge in [-0.15, -0.1) is 0 Å². The summed E-state index contributed by atoms with van der Waals surface area (Å²) in [6.45, 7) is 7.69. The Morgan fingerprint density at radius 3 is 2.67 bits per heavy atom. The van der Waals surface area contributed by atoms with Crippen LogP contribution in [-0.4, -0.2) is 21.4 Å². The summed E-state index contributed by atoms with van der Waals surface area (Å²) >= 11 is 0. The van der Waals surface area contributed by atoms with E-state index in [1.807, 2.05) is 25.7 Å². The Balaban J connectivity index is 1.82. The number of aromatic amines is 1. The van der Waals surface area contributed by atoms with Gasteiger partial charge in [0, 0.05) is 31.5 Å². The first-order valence-electron chi connectivity index (χ1n) is 8.03. The van der Waals surface area contributed by atoms with Gasteiger partial charge in [-0.1, -0.05) is 26.8 Å². The first-order chi connectivity index (χ1) is 11.2. The molecule has 0 saturated carbocycles. The largest absolute Gasteiger partial charge is 0.310 e. The Labute approximate surface area is 139 Å². The normalized spacial score (nSPS) is 15.4. The van der Waals surface area contributed by atoms with Crippen molar-refractivity contribution in [1.29, 1.82) is 0 Å². The fraction of sp³-hybridized carbons (Fsp3) is 0.444. The summed E-state index contributed by atoms with van der Waals surface area (Å²) in [5.41, 5.74) is 1.87. The Kier molecular flexibility index (Phi) is 4.25. The van der Waals surface area contributed by atoms with Gasteiger partial charge in [0.15, 0.2) is 11.6 Å². The van der Waals surface area contributed by atoms with Crippen molar-refractivity contribution < 1.29 is 8.78 Å². The number of fused-ring (bicyclic) bond motifs is 1. The van der Waals surface area contributed by atoms with Crippen molar-refractivity contribution in [2.75, 3.05) is 6.54 Å². The van der Waals surface area contributed by atoms with Crippen molar-refractivity contribution in [3.8, 4) is 0 Å². The molecule has 0 spiro atoms. The fourth-order valence-electron chi connectivity index (χ4n) is 2.87. The zero-order valence-electron chi connectivity index (χ0n) is 14.1. The third-order valence-electron chi connectivity index (χ3n) is 4.25. The molecule has 2 heterocycles. The molecule has 3 rings (SSSR count). The number of benzene rings is 1. The number of halogens is 2. The highest BCUT2D eigenvalue weighted by atomic mass is 19.2. The quantitative estimate of drug-likeness (QED) is 0.919. The van der Waals surface area contributed by atoms with Crippen molar-refractivity contribution in [2.45, 2.75) is 45.7 Å². The van der Waals surface area contributed by atoms with Gasteiger partial charge in [0.2, 0.25) is 0 Å². The molecule has 2 aromatic rings. The van der Waals surface area contributed by atoms with Crippen LogP contribution in [0.25, 0.3) is 0 Å². The zero-order chi connectivity index (χ0) is 17.5. The van der Waals surface area contributed by atoms with Gasteiger partial charge in [-0.25, -0.2) is 13.8 Å². The number of hydrogen-bond acceptors (Lipinski definition) is 3. The lowest BCUT2D eigenvalue weighted by atomic mass is 9.95. The van der Waals surface area contributed by atoms with Crippen LogP contribution >= 0.6 is 0 Å². The maximum Gasteiger partial charge on any atom is 0.255 e. The van der Waals surface area contributed by atoms with E-state index in [1.165, 1.54) is 6.07 Å². The summed E-state index contributed by atoms with van der Waals surface area (Å²) in [4.78, 5) is 21.9. The van der Waals surface area contributed by atoms with Gasteiger partial charge in [0.1, 0.15) is 5.82 Å². The van der Waals surface area contributed by atoms with Crippen LogP contribution < -0.4 is 5.56 Å². The molecule has 1 N–H and O–H groups in total. The lowest BCUT2D eigenvalue weighted by molar-refractivity contribution is 0.240. The molecule has 0 saturated heterocycles. The second-order valence-corrected chi connectivity index (χ2v) is 7.30. The standard InChI is InChI=1S/C18H21F2N3O/c1-18(2,3)17-21-15-6-7-23(10-12(15)16(24)22-17)9-11-4-5-13(19)14(20)8-11/h4-5,8H,6-7,9-10H2,1-3H3,(H,21,22,24). The first-order valence-corrected chi connectivity index (χ1v) is 8.03. The second-order valence-electron chi connectivity index (χ2n) is 7.30. The van der Waals surface area contributed by atoms with Gasteiger partial charge in [-0.3, -0.25) is 9.69 Å². The molecule has 6 heteroatoms. The third kappa shape index (κ3) is 3.38. The maximum absolute atomic E-state index is 13.3. The van der Waals surface area contributed by atoms with Crippen LogP contribution in [0.3, 0.4) is 0 Å². The van der Waals surface area contributed by atoms with Gasteiger partial charge in [0.05, 0.1) is 11.3 Å². The highest BCUT2D eigenvalue weighted by molar-refractivity contribution is 5.24. The van der Waals surface area contributed by atoms with E-state index in [9.17, 15) is 13.6 Å². The molecule has 0 atom stereocenters. The summed E-state index contributed by atoms with van der Waals surface area (Å²) in [7, 11) is 0. The molecule has 0 fully saturated rings. The summed E-state index contributed by atoms with van der Waals surface area (Å²) in [6.07, 6.45) is 0.673. The van der Waals surface area contributed by atoms with E-state index in [0.717, 1.165) is 18.3 Å². The maximum atomic E-state index is 13.3. The minimum absolute atomic E-state index is 0.111. The Morgan fingerprint density at radius 1 is 1.25 bits per heavy atom. The van der Waals surface area contributed by atoms with Gasteiger partial charge < -0.3 is 4.98 Å². The molecule has 128 valence electrons. The van der Waals surface area contributed by atoms with Crippen molar-refractivity contribution >= 4 is 0 Å². The molecular weight excluding hydrogens is 312 g/mol. The monoisotopic (exact) mass is 333 g/mol. The molecule has 0 unspecified atom stereocenters. The van der Waals surface area contributed by atoms with Gasteiger partial charge in [0.25, 0.3) is 5.56 Å². The van der Waals surface area contributed by atoms with Crippen LogP contribution in [0.5, 0.6) is 0 Å². The fourth-order valence-corrected chi connectivity index (χ4v) is 2.87. The minimum atomic E-state index is -0.849. The van der Waals surface area contributed by atoms with Crippen LogP contribution in [0, 0.1) is 11.6 Å². The summed E-state index contributed by atoms with van der Waals surface area (Å²) in [5.74, 6) is -1.00. The molecule has 0 amide bonds. The van der Waals surface area contributed by atoms with Crippen LogP contribution in [0.15, 0.2) is 23.0 Å². The Morgan fingerprint density at radius 2 is 2.00 bits per heavy atom. The van der Waals surface area contributed by atoms with E-state index >= 15 is 0 Å². The first kappa shape index (κ1) is 16.8. The number of hydrogen-bond donors (Lipinski definition) is 1. The number of aromatic nitrogens is 2. The van der Waals surface area contributed by atoms with E-state index < -0.39 is 11.6 Å². The van der Waals surface area contributed by atoms with Crippen LogP contribution in [-0.2, 0) is 24.9 Å². The molecule has 1 aromatic heterocycles. The molecule has 1 aliphatic rings. The van der Waals surface area contributed by atoms with Crippen LogP contribution in [0.4, 0.5) is 8.78 Å². The molecule has 4 nitrogen and oxygen atoms in total. The van der Waals surface area contributed by atoms with Crippen LogP contribution in [0.2, 0.25) is 0 Å². The predicted octanol–water partition coefficient (Wildman–Crippen LogP) is 2.90. The van der Waals surface area contributed by atoms with E-state index in [-0.39, 0.29) is 11.0 Å². The lowest BCUT2D eigenvalue weighted by Crippen LogP contribution is -2.37. The number of nitrogens with one attached hydrogen (secondary N) is 1. The van der Waals surface area contributed by atoms with Gasteiger partial charge in [-0.05, 0) is 17.7 Å². The summed E-state index contributed by atoms with van der Waals surface area (Å²) in [5, 5.41) is 0. The summed E-state index contributed by atoms with van der Waals surface area (Å²) in [6, 6.07) is 3.90. The minimum Gasteiger partial charge on any atom is -0.310 e. The molecular formula is C18H21F2N3O. The molecule has 24 heavy (non-hydrogen) atoms. The molecule has 1 aliphatic heterocycles. The third-order valence-corrected chi connectivity index (χ3v) is 4.25. The number of rotatable bonds is 2. The Hall–Kier alpha value is -2.08. The highest BCUT2D eigenvalue weighted by Crippen LogP contribution is 2.21. The molecule has 0 radical (unpaired) electrons. The van der Waals surface area contributed by atoms with Gasteiger partial charge in [-0.2, -0.15) is 0 Å². The van der Waals surface area contributed by atoms with E-state index in [2.05, 4.69) is 9.97 Å². The number of nitrogens with zero attached hydrogens (tertiary/aromatic N) is 2. The van der Waals surface area contributed by atoms with Crippen molar-refractivity contribution in [1.82, 2.24) is 14.9 Å². The Bertz CT molecular complexity index is 824. The van der Waals surface area contributed by atoms with E-state index in [4.69, 9.17) is 0 Å². The predicted molar refractivity (Wildman–Crippen MR) is 87.7 cm³/mol. The number of H-pyrrole nitrogens is 1. The average Bonchev–Trinajstić information content (AvgIpc) is 2.50. The SMILES string of the molecule is CC(C)(C)c1nc2c(c(=O)[nH]1)CN(Cc1ccc(F)c(F)c1)CC2. The topological polar surface area (TPSA) is 49.0 Å². The lowest BCUT2D eigenvalue weighted by Gasteiger charge is -2.29. The molecule has 0 aliphatic carbocycles. The molecule has 1 aromatic carbocycles. The highest BCUT2D eigenvalue weighted by Gasteiger charge is 2.24. The van der Waals surface area contributed by atoms with Crippen molar-refractivity contribution in [3.05, 3.63) is 62.8 Å². The van der Waals surface area contributed by atoms with E-state index in [0.29, 0.717) is 36.5 Å². The van der Waals surface area contributed by atoms with Crippen molar-refractivity contribution in [2.24, 2.45) is 0 Å². The molecule has 0 bridgehead atoms. The second kappa shape index (κ2) is 6.09. The van der Waals surface area contributed by atoms with Crippen molar-refractivity contribution in [3.63, 3.8) is 0 Å².